The third-order valence-electron chi connectivity index (χ3n) is 3.69. The maximum atomic E-state index is 12.3. The number of nitrogens with one attached hydrogen (secondary N) is 1. The molecular formula is C16H24ClN3O3. The molecule has 1 aromatic rings. The Bertz CT molecular complexity index is 553. The van der Waals surface area contributed by atoms with Crippen molar-refractivity contribution in [3.05, 3.63) is 24.3 Å². The van der Waals surface area contributed by atoms with Crippen LogP contribution < -0.4 is 20.7 Å². The number of carbonyl (C=O) groups excluding carboxylic acids is 2. The molecule has 1 unspecified atom stereocenters. The second-order valence-corrected chi connectivity index (χ2v) is 5.45. The predicted molar refractivity (Wildman–Crippen MR) is 92.0 cm³/mol. The van der Waals surface area contributed by atoms with Crippen LogP contribution in [0, 0.1) is 5.92 Å². The highest BCUT2D eigenvalue weighted by atomic mass is 35.5. The van der Waals surface area contributed by atoms with E-state index in [9.17, 15) is 9.59 Å². The number of ether oxygens (including phenoxy) is 1. The van der Waals surface area contributed by atoms with Crippen LogP contribution in [0.5, 0.6) is 5.75 Å². The van der Waals surface area contributed by atoms with E-state index in [-0.39, 0.29) is 42.6 Å². The summed E-state index contributed by atoms with van der Waals surface area (Å²) in [7, 11) is 0. The maximum Gasteiger partial charge on any atom is 0.227 e. The van der Waals surface area contributed by atoms with Crippen LogP contribution in [-0.2, 0) is 9.59 Å². The fourth-order valence-corrected chi connectivity index (χ4v) is 2.49. The Morgan fingerprint density at radius 3 is 2.83 bits per heavy atom. The van der Waals surface area contributed by atoms with Gasteiger partial charge in [-0.1, -0.05) is 12.1 Å². The van der Waals surface area contributed by atoms with Gasteiger partial charge in [-0.3, -0.25) is 9.59 Å². The number of para-hydroxylation sites is 2. The molecule has 1 heterocycles. The van der Waals surface area contributed by atoms with Crippen LogP contribution in [0.1, 0.15) is 20.3 Å². The molecule has 1 saturated heterocycles. The van der Waals surface area contributed by atoms with Gasteiger partial charge in [-0.2, -0.15) is 0 Å². The van der Waals surface area contributed by atoms with Crippen LogP contribution in [0.4, 0.5) is 5.69 Å². The molecule has 2 rings (SSSR count). The monoisotopic (exact) mass is 341 g/mol. The summed E-state index contributed by atoms with van der Waals surface area (Å²) in [6.45, 7) is 5.01. The third-order valence-corrected chi connectivity index (χ3v) is 3.69. The lowest BCUT2D eigenvalue weighted by Crippen LogP contribution is -2.41. The molecule has 1 aliphatic heterocycles. The normalized spacial score (nSPS) is 18.3. The molecule has 0 aliphatic carbocycles. The third kappa shape index (κ3) is 4.59. The SMILES string of the molecule is CCOc1ccccc1N1CC(C(=O)N[C@@H](C)CN)CC1=O.Cl. The van der Waals surface area contributed by atoms with Crippen molar-refractivity contribution in [2.75, 3.05) is 24.6 Å². The smallest absolute Gasteiger partial charge is 0.227 e. The summed E-state index contributed by atoms with van der Waals surface area (Å²) in [6, 6.07) is 7.30. The minimum absolute atomic E-state index is 0. The second kappa shape index (κ2) is 8.74. The van der Waals surface area contributed by atoms with Crippen LogP contribution in [0.2, 0.25) is 0 Å². The minimum atomic E-state index is -0.351. The summed E-state index contributed by atoms with van der Waals surface area (Å²) < 4.78 is 5.56. The van der Waals surface area contributed by atoms with Crippen molar-refractivity contribution in [3.63, 3.8) is 0 Å². The van der Waals surface area contributed by atoms with Crippen LogP contribution in [0.3, 0.4) is 0 Å². The van der Waals surface area contributed by atoms with Crippen molar-refractivity contribution in [3.8, 4) is 5.75 Å². The molecule has 0 radical (unpaired) electrons. The Morgan fingerprint density at radius 2 is 2.17 bits per heavy atom. The average molecular weight is 342 g/mol. The molecule has 3 N–H and O–H groups in total. The molecule has 0 bridgehead atoms. The number of halogens is 1. The first-order chi connectivity index (χ1) is 10.6. The fourth-order valence-electron chi connectivity index (χ4n) is 2.49. The molecule has 1 aromatic carbocycles. The van der Waals surface area contributed by atoms with E-state index in [1.807, 2.05) is 38.1 Å². The Kier molecular flexibility index (Phi) is 7.32. The largest absolute Gasteiger partial charge is 0.492 e. The van der Waals surface area contributed by atoms with E-state index >= 15 is 0 Å². The number of rotatable bonds is 6. The van der Waals surface area contributed by atoms with Crippen LogP contribution in [0.15, 0.2) is 24.3 Å². The maximum absolute atomic E-state index is 12.3. The van der Waals surface area contributed by atoms with Gasteiger partial charge in [0.2, 0.25) is 11.8 Å². The van der Waals surface area contributed by atoms with E-state index in [1.165, 1.54) is 0 Å². The van der Waals surface area contributed by atoms with Gasteiger partial charge >= 0.3 is 0 Å². The first-order valence-electron chi connectivity index (χ1n) is 7.59. The number of nitrogens with two attached hydrogens (primary N) is 1. The van der Waals surface area contributed by atoms with E-state index in [4.69, 9.17) is 10.5 Å². The molecule has 2 amide bonds. The Hall–Kier alpha value is -1.79. The summed E-state index contributed by atoms with van der Waals surface area (Å²) in [5.41, 5.74) is 6.23. The topological polar surface area (TPSA) is 84.7 Å². The highest BCUT2D eigenvalue weighted by Crippen LogP contribution is 2.33. The van der Waals surface area contributed by atoms with E-state index in [0.717, 1.165) is 5.69 Å². The van der Waals surface area contributed by atoms with Crippen LogP contribution >= 0.6 is 12.4 Å². The summed E-state index contributed by atoms with van der Waals surface area (Å²) in [4.78, 5) is 26.1. The zero-order valence-electron chi connectivity index (χ0n) is 13.5. The van der Waals surface area contributed by atoms with E-state index < -0.39 is 0 Å². The number of hydrogen-bond donors (Lipinski definition) is 2. The van der Waals surface area contributed by atoms with E-state index in [0.29, 0.717) is 25.4 Å². The van der Waals surface area contributed by atoms with E-state index in [2.05, 4.69) is 5.32 Å². The zero-order chi connectivity index (χ0) is 16.1. The van der Waals surface area contributed by atoms with Crippen molar-refractivity contribution in [1.29, 1.82) is 0 Å². The molecule has 7 heteroatoms. The number of nitrogens with zero attached hydrogens (tertiary/aromatic N) is 1. The lowest BCUT2D eigenvalue weighted by atomic mass is 10.1. The van der Waals surface area contributed by atoms with Gasteiger partial charge in [-0.05, 0) is 26.0 Å². The molecule has 0 saturated carbocycles. The van der Waals surface area contributed by atoms with Gasteiger partial charge in [0, 0.05) is 25.6 Å². The van der Waals surface area contributed by atoms with Crippen molar-refractivity contribution in [2.24, 2.45) is 11.7 Å². The van der Waals surface area contributed by atoms with Gasteiger partial charge in [-0.15, -0.1) is 12.4 Å². The molecule has 2 atom stereocenters. The number of amides is 2. The number of hydrogen-bond acceptors (Lipinski definition) is 4. The first-order valence-corrected chi connectivity index (χ1v) is 7.59. The van der Waals surface area contributed by atoms with Gasteiger partial charge in [0.15, 0.2) is 0 Å². The summed E-state index contributed by atoms with van der Waals surface area (Å²) >= 11 is 0. The van der Waals surface area contributed by atoms with Crippen molar-refractivity contribution >= 4 is 29.9 Å². The molecule has 23 heavy (non-hydrogen) atoms. The molecule has 6 nitrogen and oxygen atoms in total. The van der Waals surface area contributed by atoms with Crippen LogP contribution in [0.25, 0.3) is 0 Å². The Morgan fingerprint density at radius 1 is 1.48 bits per heavy atom. The molecule has 1 aliphatic rings. The Labute approximate surface area is 142 Å². The fraction of sp³-hybridized carbons (Fsp3) is 0.500. The van der Waals surface area contributed by atoms with Gasteiger partial charge in [0.25, 0.3) is 0 Å². The van der Waals surface area contributed by atoms with Crippen molar-refractivity contribution < 1.29 is 14.3 Å². The van der Waals surface area contributed by atoms with Crippen molar-refractivity contribution in [2.45, 2.75) is 26.3 Å². The van der Waals surface area contributed by atoms with Gasteiger partial charge < -0.3 is 20.7 Å². The van der Waals surface area contributed by atoms with E-state index in [1.54, 1.807) is 4.90 Å². The lowest BCUT2D eigenvalue weighted by molar-refractivity contribution is -0.126. The molecule has 1 fully saturated rings. The second-order valence-electron chi connectivity index (χ2n) is 5.45. The lowest BCUT2D eigenvalue weighted by Gasteiger charge is -2.20. The standard InChI is InChI=1S/C16H23N3O3.ClH/c1-3-22-14-7-5-4-6-13(14)19-10-12(8-15(19)20)16(21)18-11(2)9-17;/h4-7,11-12H,3,8-10,17H2,1-2H3,(H,18,21);1H/t11-,12?;/m0./s1. The Balaban J connectivity index is 0.00000264. The minimum Gasteiger partial charge on any atom is -0.492 e. The molecule has 128 valence electrons. The molecule has 0 aromatic heterocycles. The predicted octanol–water partition coefficient (Wildman–Crippen LogP) is 1.32. The molecular weight excluding hydrogens is 318 g/mol. The number of anilines is 1. The quantitative estimate of drug-likeness (QED) is 0.817. The number of carbonyl (C=O) groups is 2. The average Bonchev–Trinajstić information content (AvgIpc) is 2.90. The van der Waals surface area contributed by atoms with Gasteiger partial charge in [0.05, 0.1) is 18.2 Å². The van der Waals surface area contributed by atoms with Gasteiger partial charge in [0.1, 0.15) is 5.75 Å². The summed E-state index contributed by atoms with van der Waals surface area (Å²) in [5.74, 6) is 0.126. The van der Waals surface area contributed by atoms with Crippen LogP contribution in [-0.4, -0.2) is 37.6 Å². The highest BCUT2D eigenvalue weighted by Gasteiger charge is 2.36. The summed E-state index contributed by atoms with van der Waals surface area (Å²) in [5, 5.41) is 2.83. The highest BCUT2D eigenvalue weighted by molar-refractivity contribution is 6.01. The van der Waals surface area contributed by atoms with Gasteiger partial charge in [-0.25, -0.2) is 0 Å². The summed E-state index contributed by atoms with van der Waals surface area (Å²) in [6.07, 6.45) is 0.212. The number of benzene rings is 1. The first kappa shape index (κ1) is 19.3. The molecule has 0 spiro atoms. The zero-order valence-corrected chi connectivity index (χ0v) is 14.3. The van der Waals surface area contributed by atoms with Crippen molar-refractivity contribution in [1.82, 2.24) is 5.32 Å².